The van der Waals surface area contributed by atoms with Gasteiger partial charge in [-0.1, -0.05) is 22.0 Å². The summed E-state index contributed by atoms with van der Waals surface area (Å²) in [5, 5.41) is 18.2. The van der Waals surface area contributed by atoms with Gasteiger partial charge in [-0.2, -0.15) is 0 Å². The molecule has 2 N–H and O–H groups in total. The fourth-order valence-corrected chi connectivity index (χ4v) is 1.87. The molecular formula is C12H10BrF3O5. The monoisotopic (exact) mass is 370 g/mol. The number of hydrogen-bond donors (Lipinski definition) is 2. The maximum absolute atomic E-state index is 12.3. The van der Waals surface area contributed by atoms with Crippen LogP contribution in [0.2, 0.25) is 0 Å². The van der Waals surface area contributed by atoms with Crippen LogP contribution >= 0.6 is 15.9 Å². The van der Waals surface area contributed by atoms with E-state index in [1.54, 1.807) is 0 Å². The molecule has 0 bridgehead atoms. The SMILES string of the molecule is O=C(CCBr)c1ccc(C(O)C(=O)O)cc1OC(F)(F)F. The van der Waals surface area contributed by atoms with Crippen LogP contribution in [0.1, 0.15) is 28.4 Å². The van der Waals surface area contributed by atoms with E-state index < -0.39 is 30.0 Å². The Balaban J connectivity index is 3.26. The molecule has 0 aliphatic carbocycles. The van der Waals surface area contributed by atoms with Crippen molar-refractivity contribution in [2.24, 2.45) is 0 Å². The topological polar surface area (TPSA) is 83.8 Å². The maximum Gasteiger partial charge on any atom is 0.573 e. The summed E-state index contributed by atoms with van der Waals surface area (Å²) in [4.78, 5) is 22.3. The lowest BCUT2D eigenvalue weighted by Crippen LogP contribution is -2.20. The first kappa shape index (κ1) is 17.4. The standard InChI is InChI=1S/C12H10BrF3O5/c13-4-3-8(17)7-2-1-6(10(18)11(19)20)5-9(7)21-12(14,15)16/h1-2,5,10,18H,3-4H2,(H,19,20). The van der Waals surface area contributed by atoms with Gasteiger partial charge >= 0.3 is 12.3 Å². The Labute approximate surface area is 125 Å². The molecule has 1 aromatic rings. The highest BCUT2D eigenvalue weighted by atomic mass is 79.9. The second-order valence-electron chi connectivity index (χ2n) is 3.91. The summed E-state index contributed by atoms with van der Waals surface area (Å²) in [5.74, 6) is -3.08. The highest BCUT2D eigenvalue weighted by Crippen LogP contribution is 2.30. The van der Waals surface area contributed by atoms with Crippen LogP contribution in [0.15, 0.2) is 18.2 Å². The minimum Gasteiger partial charge on any atom is -0.479 e. The molecule has 0 amide bonds. The van der Waals surface area contributed by atoms with Crippen molar-refractivity contribution in [2.75, 3.05) is 5.33 Å². The van der Waals surface area contributed by atoms with Crippen LogP contribution in [-0.2, 0) is 4.79 Å². The molecule has 1 rings (SSSR count). The van der Waals surface area contributed by atoms with Crippen LogP contribution in [-0.4, -0.2) is 33.7 Å². The number of aliphatic carboxylic acids is 1. The highest BCUT2D eigenvalue weighted by Gasteiger charge is 2.33. The fraction of sp³-hybridized carbons (Fsp3) is 0.333. The van der Waals surface area contributed by atoms with E-state index in [1.165, 1.54) is 0 Å². The molecule has 0 aliphatic heterocycles. The predicted octanol–water partition coefficient (Wildman–Crippen LogP) is 2.67. The number of aliphatic hydroxyl groups is 1. The normalized spacial score (nSPS) is 12.8. The summed E-state index contributed by atoms with van der Waals surface area (Å²) in [6.45, 7) is 0. The minimum absolute atomic E-state index is 0.0605. The Morgan fingerprint density at radius 2 is 1.95 bits per heavy atom. The molecule has 116 valence electrons. The number of ether oxygens (including phenoxy) is 1. The van der Waals surface area contributed by atoms with Gasteiger partial charge in [0.2, 0.25) is 0 Å². The summed E-state index contributed by atoms with van der Waals surface area (Å²) in [6.07, 6.45) is -7.12. The van der Waals surface area contributed by atoms with Crippen molar-refractivity contribution < 1.29 is 37.7 Å². The van der Waals surface area contributed by atoms with Crippen molar-refractivity contribution in [1.82, 2.24) is 0 Å². The Morgan fingerprint density at radius 3 is 2.43 bits per heavy atom. The van der Waals surface area contributed by atoms with Crippen LogP contribution in [0.4, 0.5) is 13.2 Å². The summed E-state index contributed by atoms with van der Waals surface area (Å²) in [6, 6.07) is 2.74. The molecule has 0 fully saturated rings. The van der Waals surface area contributed by atoms with Crippen LogP contribution in [0, 0.1) is 0 Å². The first-order valence-electron chi connectivity index (χ1n) is 5.55. The molecule has 5 nitrogen and oxygen atoms in total. The highest BCUT2D eigenvalue weighted by molar-refractivity contribution is 9.09. The number of carbonyl (C=O) groups is 2. The zero-order valence-corrected chi connectivity index (χ0v) is 11.9. The smallest absolute Gasteiger partial charge is 0.479 e. The Bertz CT molecular complexity index is 544. The Kier molecular flexibility index (Phi) is 5.73. The zero-order valence-electron chi connectivity index (χ0n) is 10.4. The third kappa shape index (κ3) is 5.01. The third-order valence-corrected chi connectivity index (χ3v) is 2.80. The Morgan fingerprint density at radius 1 is 1.33 bits per heavy atom. The van der Waals surface area contributed by atoms with Gasteiger partial charge in [-0.25, -0.2) is 4.79 Å². The van der Waals surface area contributed by atoms with Gasteiger partial charge in [0.15, 0.2) is 11.9 Å². The molecular weight excluding hydrogens is 361 g/mol. The van der Waals surface area contributed by atoms with Crippen molar-refractivity contribution in [3.8, 4) is 5.75 Å². The van der Waals surface area contributed by atoms with Gasteiger partial charge in [0.05, 0.1) is 5.56 Å². The van der Waals surface area contributed by atoms with Crippen LogP contribution in [0.25, 0.3) is 0 Å². The van der Waals surface area contributed by atoms with E-state index in [0.717, 1.165) is 12.1 Å². The number of carbonyl (C=O) groups excluding carboxylic acids is 1. The van der Waals surface area contributed by atoms with Gasteiger partial charge in [-0.05, 0) is 17.7 Å². The van der Waals surface area contributed by atoms with E-state index in [4.69, 9.17) is 5.11 Å². The summed E-state index contributed by atoms with van der Waals surface area (Å²) >= 11 is 2.99. The molecule has 0 spiro atoms. The number of carboxylic acids is 1. The molecule has 0 saturated heterocycles. The molecule has 21 heavy (non-hydrogen) atoms. The van der Waals surface area contributed by atoms with E-state index >= 15 is 0 Å². The van der Waals surface area contributed by atoms with E-state index in [1.807, 2.05) is 0 Å². The summed E-state index contributed by atoms with van der Waals surface area (Å²) in [5.41, 5.74) is -0.662. The number of alkyl halides is 4. The van der Waals surface area contributed by atoms with Crippen LogP contribution in [0.3, 0.4) is 0 Å². The van der Waals surface area contributed by atoms with E-state index in [0.29, 0.717) is 6.07 Å². The lowest BCUT2D eigenvalue weighted by molar-refractivity contribution is -0.274. The maximum atomic E-state index is 12.3. The lowest BCUT2D eigenvalue weighted by Gasteiger charge is -2.15. The molecule has 0 saturated carbocycles. The zero-order chi connectivity index (χ0) is 16.2. The predicted molar refractivity (Wildman–Crippen MR) is 68.5 cm³/mol. The van der Waals surface area contributed by atoms with Crippen LogP contribution in [0.5, 0.6) is 5.75 Å². The van der Waals surface area contributed by atoms with Crippen molar-refractivity contribution in [2.45, 2.75) is 18.9 Å². The van der Waals surface area contributed by atoms with Gasteiger partial charge in [0.1, 0.15) is 5.75 Å². The molecule has 1 aromatic carbocycles. The fourth-order valence-electron chi connectivity index (χ4n) is 1.51. The minimum atomic E-state index is -5.05. The Hall–Kier alpha value is -1.61. The van der Waals surface area contributed by atoms with Crippen molar-refractivity contribution in [3.63, 3.8) is 0 Å². The third-order valence-electron chi connectivity index (χ3n) is 2.40. The molecule has 0 radical (unpaired) electrons. The van der Waals surface area contributed by atoms with Crippen molar-refractivity contribution >= 4 is 27.7 Å². The number of aliphatic hydroxyl groups excluding tert-OH is 1. The van der Waals surface area contributed by atoms with Crippen molar-refractivity contribution in [3.05, 3.63) is 29.3 Å². The number of carboxylic acid groups (broad SMARTS) is 1. The van der Waals surface area contributed by atoms with E-state index in [9.17, 15) is 27.9 Å². The van der Waals surface area contributed by atoms with E-state index in [2.05, 4.69) is 20.7 Å². The molecule has 0 heterocycles. The van der Waals surface area contributed by atoms with Gasteiger partial charge in [-0.3, -0.25) is 4.79 Å². The molecule has 0 aromatic heterocycles. The number of rotatable bonds is 6. The lowest BCUT2D eigenvalue weighted by atomic mass is 10.0. The molecule has 0 aliphatic rings. The van der Waals surface area contributed by atoms with Gasteiger partial charge in [0, 0.05) is 11.8 Å². The van der Waals surface area contributed by atoms with Gasteiger partial charge in [-0.15, -0.1) is 13.2 Å². The number of halogens is 4. The largest absolute Gasteiger partial charge is 0.573 e. The number of benzene rings is 1. The molecule has 1 unspecified atom stereocenters. The molecule has 9 heteroatoms. The summed E-state index contributed by atoms with van der Waals surface area (Å²) < 4.78 is 40.8. The quantitative estimate of drug-likeness (QED) is 0.594. The second kappa shape index (κ2) is 6.90. The van der Waals surface area contributed by atoms with Gasteiger partial charge < -0.3 is 14.9 Å². The second-order valence-corrected chi connectivity index (χ2v) is 4.70. The average Bonchev–Trinajstić information content (AvgIpc) is 2.35. The summed E-state index contributed by atoms with van der Waals surface area (Å²) in [7, 11) is 0. The first-order valence-corrected chi connectivity index (χ1v) is 6.67. The van der Waals surface area contributed by atoms with Gasteiger partial charge in [0.25, 0.3) is 0 Å². The number of Topliss-reactive ketones (excluding diaryl/α,β-unsaturated/α-hetero) is 1. The van der Waals surface area contributed by atoms with Crippen LogP contribution < -0.4 is 4.74 Å². The van der Waals surface area contributed by atoms with Crippen molar-refractivity contribution in [1.29, 1.82) is 0 Å². The number of ketones is 1. The first-order chi connectivity index (χ1) is 9.65. The average molecular weight is 371 g/mol. The molecule has 1 atom stereocenters. The van der Waals surface area contributed by atoms with E-state index in [-0.39, 0.29) is 22.9 Å². The number of hydrogen-bond acceptors (Lipinski definition) is 4.